The van der Waals surface area contributed by atoms with Crippen LogP contribution in [0.5, 0.6) is 0 Å². The predicted octanol–water partition coefficient (Wildman–Crippen LogP) is 1.97. The largest absolute Gasteiger partial charge is 0.330 e. The van der Waals surface area contributed by atoms with E-state index >= 15 is 0 Å². The van der Waals surface area contributed by atoms with Crippen molar-refractivity contribution in [1.29, 1.82) is 0 Å². The maximum Gasteiger partial charge on any atom is 0.232 e. The third-order valence-electron chi connectivity index (χ3n) is 3.13. The molecule has 0 spiro atoms. The standard InChI is InChI=1S/C15H19N3O/c1-12-2-4-13(5-3-12)6-7-15(19)18-11-17-10-14(18)8-9-16/h2-5,10-11H,6-9,16H2,1H3. The molecule has 0 fully saturated rings. The van der Waals surface area contributed by atoms with Crippen molar-refractivity contribution >= 4 is 5.91 Å². The van der Waals surface area contributed by atoms with Crippen molar-refractivity contribution in [2.75, 3.05) is 6.54 Å². The van der Waals surface area contributed by atoms with Crippen molar-refractivity contribution in [3.05, 3.63) is 53.6 Å². The molecule has 2 rings (SSSR count). The molecule has 0 aliphatic carbocycles. The lowest BCUT2D eigenvalue weighted by molar-refractivity contribution is 0.0900. The summed E-state index contributed by atoms with van der Waals surface area (Å²) in [6, 6.07) is 8.27. The highest BCUT2D eigenvalue weighted by molar-refractivity contribution is 5.79. The first-order chi connectivity index (χ1) is 9.20. The second-order valence-corrected chi connectivity index (χ2v) is 4.67. The zero-order valence-electron chi connectivity index (χ0n) is 11.2. The van der Waals surface area contributed by atoms with Gasteiger partial charge in [-0.3, -0.25) is 9.36 Å². The number of aryl methyl sites for hydroxylation is 2. The number of nitrogens with zero attached hydrogens (tertiary/aromatic N) is 2. The highest BCUT2D eigenvalue weighted by Gasteiger charge is 2.09. The Hall–Kier alpha value is -1.94. The summed E-state index contributed by atoms with van der Waals surface area (Å²) in [5.74, 6) is 0.0709. The lowest BCUT2D eigenvalue weighted by Crippen LogP contribution is -2.16. The van der Waals surface area contributed by atoms with Crippen LogP contribution in [0.1, 0.15) is 28.0 Å². The Balaban J connectivity index is 1.97. The first-order valence-electron chi connectivity index (χ1n) is 6.50. The Bertz CT molecular complexity index is 543. The normalized spacial score (nSPS) is 10.6. The molecule has 4 nitrogen and oxygen atoms in total. The van der Waals surface area contributed by atoms with E-state index in [9.17, 15) is 4.79 Å². The second kappa shape index (κ2) is 6.29. The minimum atomic E-state index is 0.0709. The summed E-state index contributed by atoms with van der Waals surface area (Å²) in [6.07, 6.45) is 5.19. The number of carbonyl (C=O) groups is 1. The Kier molecular flexibility index (Phi) is 4.47. The van der Waals surface area contributed by atoms with Crippen LogP contribution < -0.4 is 5.73 Å². The fraction of sp³-hybridized carbons (Fsp3) is 0.333. The highest BCUT2D eigenvalue weighted by Crippen LogP contribution is 2.08. The average molecular weight is 257 g/mol. The van der Waals surface area contributed by atoms with E-state index in [2.05, 4.69) is 36.2 Å². The Labute approximate surface area is 113 Å². The van der Waals surface area contributed by atoms with E-state index in [0.717, 1.165) is 12.1 Å². The number of imidazole rings is 1. The molecule has 0 radical (unpaired) electrons. The van der Waals surface area contributed by atoms with Crippen LogP contribution in [0.15, 0.2) is 36.8 Å². The fourth-order valence-corrected chi connectivity index (χ4v) is 2.01. The number of hydrogen-bond donors (Lipinski definition) is 1. The van der Waals surface area contributed by atoms with Gasteiger partial charge in [0.1, 0.15) is 6.33 Å². The van der Waals surface area contributed by atoms with Crippen molar-refractivity contribution in [3.63, 3.8) is 0 Å². The molecule has 100 valence electrons. The summed E-state index contributed by atoms with van der Waals surface area (Å²) in [4.78, 5) is 16.1. The monoisotopic (exact) mass is 257 g/mol. The van der Waals surface area contributed by atoms with Gasteiger partial charge < -0.3 is 5.73 Å². The molecule has 0 saturated carbocycles. The molecule has 2 N–H and O–H groups in total. The van der Waals surface area contributed by atoms with Gasteiger partial charge in [0.15, 0.2) is 0 Å². The number of nitrogens with two attached hydrogens (primary N) is 1. The van der Waals surface area contributed by atoms with Crippen LogP contribution in [0.25, 0.3) is 0 Å². The van der Waals surface area contributed by atoms with Gasteiger partial charge in [-0.25, -0.2) is 4.98 Å². The predicted molar refractivity (Wildman–Crippen MR) is 75.1 cm³/mol. The second-order valence-electron chi connectivity index (χ2n) is 4.67. The van der Waals surface area contributed by atoms with Crippen molar-refractivity contribution in [1.82, 2.24) is 9.55 Å². The molecule has 19 heavy (non-hydrogen) atoms. The van der Waals surface area contributed by atoms with Gasteiger partial charge >= 0.3 is 0 Å². The van der Waals surface area contributed by atoms with Gasteiger partial charge in [0.05, 0.1) is 0 Å². The maximum absolute atomic E-state index is 12.1. The number of hydrogen-bond acceptors (Lipinski definition) is 3. The van der Waals surface area contributed by atoms with E-state index in [-0.39, 0.29) is 5.91 Å². The number of rotatable bonds is 5. The molecule has 0 atom stereocenters. The van der Waals surface area contributed by atoms with Gasteiger partial charge in [-0.1, -0.05) is 29.8 Å². The molecule has 0 saturated heterocycles. The minimum Gasteiger partial charge on any atom is -0.330 e. The Morgan fingerprint density at radius 1 is 1.26 bits per heavy atom. The van der Waals surface area contributed by atoms with Gasteiger partial charge in [0, 0.05) is 24.7 Å². The Morgan fingerprint density at radius 3 is 2.68 bits per heavy atom. The molecule has 0 bridgehead atoms. The SMILES string of the molecule is Cc1ccc(CCC(=O)n2cncc2CCN)cc1. The summed E-state index contributed by atoms with van der Waals surface area (Å²) in [5.41, 5.74) is 8.81. The van der Waals surface area contributed by atoms with E-state index in [4.69, 9.17) is 5.73 Å². The number of carbonyl (C=O) groups excluding carboxylic acids is 1. The molecular weight excluding hydrogens is 238 g/mol. The third kappa shape index (κ3) is 3.51. The molecule has 1 aromatic heterocycles. The Morgan fingerprint density at radius 2 is 2.00 bits per heavy atom. The average Bonchev–Trinajstić information content (AvgIpc) is 2.86. The van der Waals surface area contributed by atoms with E-state index in [1.54, 1.807) is 17.1 Å². The van der Waals surface area contributed by atoms with Crippen LogP contribution >= 0.6 is 0 Å². The summed E-state index contributed by atoms with van der Waals surface area (Å²) in [6.45, 7) is 2.58. The molecule has 4 heteroatoms. The number of benzene rings is 1. The smallest absolute Gasteiger partial charge is 0.232 e. The van der Waals surface area contributed by atoms with Crippen LogP contribution in [0.3, 0.4) is 0 Å². The summed E-state index contributed by atoms with van der Waals surface area (Å²) in [7, 11) is 0. The number of aromatic nitrogens is 2. The highest BCUT2D eigenvalue weighted by atomic mass is 16.2. The van der Waals surface area contributed by atoms with E-state index < -0.39 is 0 Å². The third-order valence-corrected chi connectivity index (χ3v) is 3.13. The van der Waals surface area contributed by atoms with Crippen molar-refractivity contribution in [2.45, 2.75) is 26.2 Å². The van der Waals surface area contributed by atoms with Gasteiger partial charge in [-0.05, 0) is 25.5 Å². The van der Waals surface area contributed by atoms with Gasteiger partial charge in [-0.15, -0.1) is 0 Å². The van der Waals surface area contributed by atoms with Gasteiger partial charge in [-0.2, -0.15) is 0 Å². The van der Waals surface area contributed by atoms with Gasteiger partial charge in [0.25, 0.3) is 0 Å². The molecule has 0 unspecified atom stereocenters. The molecule has 1 aromatic carbocycles. The molecule has 0 amide bonds. The quantitative estimate of drug-likeness (QED) is 0.890. The minimum absolute atomic E-state index is 0.0709. The van der Waals surface area contributed by atoms with Crippen LogP contribution in [-0.2, 0) is 12.8 Å². The lowest BCUT2D eigenvalue weighted by Gasteiger charge is -2.06. The topological polar surface area (TPSA) is 60.9 Å². The molecular formula is C15H19N3O. The molecule has 0 aliphatic heterocycles. The lowest BCUT2D eigenvalue weighted by atomic mass is 10.1. The van der Waals surface area contributed by atoms with Gasteiger partial charge in [0.2, 0.25) is 5.91 Å². The molecule has 2 aromatic rings. The van der Waals surface area contributed by atoms with Crippen molar-refractivity contribution in [2.24, 2.45) is 5.73 Å². The zero-order chi connectivity index (χ0) is 13.7. The maximum atomic E-state index is 12.1. The van der Waals surface area contributed by atoms with Crippen molar-refractivity contribution < 1.29 is 4.79 Å². The van der Waals surface area contributed by atoms with E-state index in [1.165, 1.54) is 11.1 Å². The van der Waals surface area contributed by atoms with Crippen LogP contribution in [0, 0.1) is 6.92 Å². The van der Waals surface area contributed by atoms with Crippen LogP contribution in [0.4, 0.5) is 0 Å². The first kappa shape index (κ1) is 13.5. The molecule has 0 aliphatic rings. The van der Waals surface area contributed by atoms with Crippen molar-refractivity contribution in [3.8, 4) is 0 Å². The first-order valence-corrected chi connectivity index (χ1v) is 6.50. The fourth-order valence-electron chi connectivity index (χ4n) is 2.01. The zero-order valence-corrected chi connectivity index (χ0v) is 11.2. The van der Waals surface area contributed by atoms with E-state index in [0.29, 0.717) is 19.4 Å². The van der Waals surface area contributed by atoms with Crippen LogP contribution in [0.2, 0.25) is 0 Å². The summed E-state index contributed by atoms with van der Waals surface area (Å²) < 4.78 is 1.61. The van der Waals surface area contributed by atoms with E-state index in [1.807, 2.05) is 0 Å². The summed E-state index contributed by atoms with van der Waals surface area (Å²) >= 11 is 0. The summed E-state index contributed by atoms with van der Waals surface area (Å²) in [5, 5.41) is 0. The molecule has 1 heterocycles. The van der Waals surface area contributed by atoms with Crippen LogP contribution in [-0.4, -0.2) is 22.0 Å².